The zero-order chi connectivity index (χ0) is 16.7. The van der Waals surface area contributed by atoms with E-state index in [-0.39, 0.29) is 11.8 Å². The van der Waals surface area contributed by atoms with Crippen molar-refractivity contribution in [2.45, 2.75) is 20.4 Å². The number of nitrogens with zero attached hydrogens (tertiary/aromatic N) is 2. The first-order chi connectivity index (χ1) is 11.1. The molecule has 0 saturated heterocycles. The van der Waals surface area contributed by atoms with Gasteiger partial charge in [0.15, 0.2) is 0 Å². The second-order valence-corrected chi connectivity index (χ2v) is 5.61. The van der Waals surface area contributed by atoms with Crippen LogP contribution in [0.1, 0.15) is 40.1 Å². The Bertz CT molecular complexity index is 671. The van der Waals surface area contributed by atoms with Gasteiger partial charge >= 0.3 is 0 Å². The number of carbonyl (C=O) groups is 2. The third kappa shape index (κ3) is 5.18. The highest BCUT2D eigenvalue weighted by molar-refractivity contribution is 5.99. The molecule has 2 rings (SSSR count). The number of aromatic nitrogens is 2. The summed E-state index contributed by atoms with van der Waals surface area (Å²) in [5, 5.41) is 5.58. The quantitative estimate of drug-likeness (QED) is 0.852. The minimum absolute atomic E-state index is 0.229. The first-order valence-electron chi connectivity index (χ1n) is 7.46. The monoisotopic (exact) mass is 312 g/mol. The summed E-state index contributed by atoms with van der Waals surface area (Å²) in [4.78, 5) is 32.1. The Balaban J connectivity index is 1.98. The zero-order valence-electron chi connectivity index (χ0n) is 13.2. The van der Waals surface area contributed by atoms with Crippen molar-refractivity contribution in [2.75, 3.05) is 6.54 Å². The van der Waals surface area contributed by atoms with E-state index in [4.69, 9.17) is 0 Å². The summed E-state index contributed by atoms with van der Waals surface area (Å²) < 4.78 is 0. The lowest BCUT2D eigenvalue weighted by Crippen LogP contribution is -2.28. The van der Waals surface area contributed by atoms with Gasteiger partial charge in [-0.1, -0.05) is 19.9 Å². The molecule has 0 aliphatic carbocycles. The van der Waals surface area contributed by atoms with Crippen LogP contribution in [-0.4, -0.2) is 28.3 Å². The van der Waals surface area contributed by atoms with Crippen LogP contribution in [0.4, 0.5) is 0 Å². The largest absolute Gasteiger partial charge is 0.352 e. The molecule has 2 heterocycles. The summed E-state index contributed by atoms with van der Waals surface area (Å²) >= 11 is 0. The topological polar surface area (TPSA) is 84.0 Å². The number of hydrogen-bond acceptors (Lipinski definition) is 4. The first kappa shape index (κ1) is 16.6. The molecule has 0 aromatic carbocycles. The average Bonchev–Trinajstić information content (AvgIpc) is 2.58. The smallest absolute Gasteiger partial charge is 0.253 e. The first-order valence-corrected chi connectivity index (χ1v) is 7.46. The average molecular weight is 312 g/mol. The minimum Gasteiger partial charge on any atom is -0.352 e. The van der Waals surface area contributed by atoms with Crippen molar-refractivity contribution in [1.29, 1.82) is 0 Å². The Morgan fingerprint density at radius 1 is 1.04 bits per heavy atom. The molecular weight excluding hydrogens is 292 g/mol. The van der Waals surface area contributed by atoms with E-state index in [0.717, 1.165) is 5.56 Å². The molecule has 0 unspecified atom stereocenters. The molecule has 23 heavy (non-hydrogen) atoms. The highest BCUT2D eigenvalue weighted by atomic mass is 16.2. The molecule has 2 aromatic rings. The van der Waals surface area contributed by atoms with E-state index in [0.29, 0.717) is 30.1 Å². The number of hydrogen-bond donors (Lipinski definition) is 2. The zero-order valence-corrected chi connectivity index (χ0v) is 13.2. The SMILES string of the molecule is CC(C)CNC(=O)c1cncc(C(=O)NCc2cccnc2)c1. The van der Waals surface area contributed by atoms with Gasteiger partial charge in [0.2, 0.25) is 0 Å². The van der Waals surface area contributed by atoms with Crippen molar-refractivity contribution in [1.82, 2.24) is 20.6 Å². The van der Waals surface area contributed by atoms with Gasteiger partial charge in [-0.2, -0.15) is 0 Å². The van der Waals surface area contributed by atoms with Crippen molar-refractivity contribution in [3.05, 3.63) is 59.7 Å². The number of amides is 2. The fraction of sp³-hybridized carbons (Fsp3) is 0.294. The van der Waals surface area contributed by atoms with Crippen molar-refractivity contribution in [3.63, 3.8) is 0 Å². The highest BCUT2D eigenvalue weighted by Crippen LogP contribution is 2.04. The van der Waals surface area contributed by atoms with E-state index in [1.54, 1.807) is 18.5 Å². The number of pyridine rings is 2. The number of rotatable bonds is 6. The van der Waals surface area contributed by atoms with E-state index < -0.39 is 0 Å². The van der Waals surface area contributed by atoms with Gasteiger partial charge in [-0.15, -0.1) is 0 Å². The Morgan fingerprint density at radius 2 is 1.74 bits per heavy atom. The van der Waals surface area contributed by atoms with E-state index in [1.165, 1.54) is 12.4 Å². The summed E-state index contributed by atoms with van der Waals surface area (Å²) in [6, 6.07) is 5.23. The van der Waals surface area contributed by atoms with E-state index in [1.807, 2.05) is 26.0 Å². The van der Waals surface area contributed by atoms with Gasteiger partial charge < -0.3 is 10.6 Å². The summed E-state index contributed by atoms with van der Waals surface area (Å²) in [5.41, 5.74) is 1.63. The van der Waals surface area contributed by atoms with Crippen LogP contribution in [0.5, 0.6) is 0 Å². The predicted molar refractivity (Wildman–Crippen MR) is 86.8 cm³/mol. The summed E-state index contributed by atoms with van der Waals surface area (Å²) in [5.74, 6) is -0.147. The molecule has 0 radical (unpaired) electrons. The maximum absolute atomic E-state index is 12.2. The van der Waals surface area contributed by atoms with Crippen LogP contribution >= 0.6 is 0 Å². The van der Waals surface area contributed by atoms with Crippen molar-refractivity contribution >= 4 is 11.8 Å². The fourth-order valence-electron chi connectivity index (χ4n) is 1.87. The molecule has 0 saturated carbocycles. The van der Waals surface area contributed by atoms with Crippen LogP contribution in [0, 0.1) is 5.92 Å². The van der Waals surface area contributed by atoms with Gasteiger partial charge in [0.25, 0.3) is 11.8 Å². The van der Waals surface area contributed by atoms with Gasteiger partial charge in [0, 0.05) is 37.9 Å². The maximum Gasteiger partial charge on any atom is 0.253 e. The molecule has 0 bridgehead atoms. The van der Waals surface area contributed by atoms with E-state index in [2.05, 4.69) is 20.6 Å². The van der Waals surface area contributed by atoms with Crippen molar-refractivity contribution in [2.24, 2.45) is 5.92 Å². The normalized spacial score (nSPS) is 10.4. The molecule has 2 amide bonds. The number of carbonyl (C=O) groups excluding carboxylic acids is 2. The van der Waals surface area contributed by atoms with Gasteiger partial charge in [0.1, 0.15) is 0 Å². The maximum atomic E-state index is 12.2. The van der Waals surface area contributed by atoms with Crippen molar-refractivity contribution < 1.29 is 9.59 Å². The molecule has 2 N–H and O–H groups in total. The Hall–Kier alpha value is -2.76. The van der Waals surface area contributed by atoms with Crippen LogP contribution < -0.4 is 10.6 Å². The molecule has 2 aromatic heterocycles. The standard InChI is InChI=1S/C17H20N4O2/c1-12(2)7-20-16(22)14-6-15(11-19-10-14)17(23)21-9-13-4-3-5-18-8-13/h3-6,8,10-12H,7,9H2,1-2H3,(H,20,22)(H,21,23). The summed E-state index contributed by atoms with van der Waals surface area (Å²) in [6.45, 7) is 4.98. The molecule has 0 atom stereocenters. The molecule has 6 heteroatoms. The predicted octanol–water partition coefficient (Wildman–Crippen LogP) is 1.79. The second kappa shape index (κ2) is 8.03. The van der Waals surface area contributed by atoms with Gasteiger partial charge in [-0.25, -0.2) is 0 Å². The Labute approximate surface area is 135 Å². The minimum atomic E-state index is -0.278. The highest BCUT2D eigenvalue weighted by Gasteiger charge is 2.11. The molecule has 0 spiro atoms. The van der Waals surface area contributed by atoms with Gasteiger partial charge in [0.05, 0.1) is 11.1 Å². The van der Waals surface area contributed by atoms with E-state index in [9.17, 15) is 9.59 Å². The van der Waals surface area contributed by atoms with Gasteiger partial charge in [-0.3, -0.25) is 19.6 Å². The number of nitrogens with one attached hydrogen (secondary N) is 2. The van der Waals surface area contributed by atoms with Crippen LogP contribution in [0.15, 0.2) is 43.0 Å². The lowest BCUT2D eigenvalue weighted by molar-refractivity contribution is 0.0948. The summed E-state index contributed by atoms with van der Waals surface area (Å²) in [7, 11) is 0. The summed E-state index contributed by atoms with van der Waals surface area (Å²) in [6.07, 6.45) is 6.26. The molecule has 120 valence electrons. The molecular formula is C17H20N4O2. The molecule has 0 fully saturated rings. The molecule has 6 nitrogen and oxygen atoms in total. The van der Waals surface area contributed by atoms with E-state index >= 15 is 0 Å². The van der Waals surface area contributed by atoms with Crippen LogP contribution in [0.2, 0.25) is 0 Å². The molecule has 0 aliphatic rings. The molecule has 0 aliphatic heterocycles. The lowest BCUT2D eigenvalue weighted by Gasteiger charge is -2.09. The van der Waals surface area contributed by atoms with Crippen LogP contribution in [0.25, 0.3) is 0 Å². The lowest BCUT2D eigenvalue weighted by atomic mass is 10.1. The van der Waals surface area contributed by atoms with Crippen LogP contribution in [-0.2, 0) is 6.54 Å². The van der Waals surface area contributed by atoms with Gasteiger partial charge in [-0.05, 0) is 23.6 Å². The van der Waals surface area contributed by atoms with Crippen molar-refractivity contribution in [3.8, 4) is 0 Å². The second-order valence-electron chi connectivity index (χ2n) is 5.61. The Morgan fingerprint density at radius 3 is 2.35 bits per heavy atom. The van der Waals surface area contributed by atoms with Crippen LogP contribution in [0.3, 0.4) is 0 Å². The fourth-order valence-corrected chi connectivity index (χ4v) is 1.87. The third-order valence-corrected chi connectivity index (χ3v) is 3.11. The Kier molecular flexibility index (Phi) is 5.80. The third-order valence-electron chi connectivity index (χ3n) is 3.11.